The van der Waals surface area contributed by atoms with Crippen LogP contribution in [-0.2, 0) is 4.74 Å². The van der Waals surface area contributed by atoms with Crippen LogP contribution in [0.5, 0.6) is 0 Å². The number of methoxy groups -OCH3 is 1. The van der Waals surface area contributed by atoms with Crippen molar-refractivity contribution >= 4 is 11.7 Å². The van der Waals surface area contributed by atoms with Gasteiger partial charge in [0.1, 0.15) is 5.82 Å². The summed E-state index contributed by atoms with van der Waals surface area (Å²) in [5.74, 6) is -0.801. The van der Waals surface area contributed by atoms with Crippen LogP contribution in [0.1, 0.15) is 30.1 Å². The monoisotopic (exact) mass is 280 g/mol. The van der Waals surface area contributed by atoms with E-state index in [1.807, 2.05) is 0 Å². The Hall–Kier alpha value is -1.62. The van der Waals surface area contributed by atoms with E-state index in [1.54, 1.807) is 0 Å². The predicted octanol–water partition coefficient (Wildman–Crippen LogP) is 2.51. The van der Waals surface area contributed by atoms with Gasteiger partial charge in [-0.15, -0.1) is 0 Å². The molecule has 0 spiro atoms. The van der Waals surface area contributed by atoms with Gasteiger partial charge in [-0.1, -0.05) is 6.92 Å². The lowest BCUT2D eigenvalue weighted by molar-refractivity contribution is 0.0601. The summed E-state index contributed by atoms with van der Waals surface area (Å²) in [4.78, 5) is 14.1. The molecule has 1 aliphatic heterocycles. The van der Waals surface area contributed by atoms with Crippen LogP contribution in [0.2, 0.25) is 0 Å². The first kappa shape index (κ1) is 14.8. The van der Waals surface area contributed by atoms with Crippen molar-refractivity contribution in [2.45, 2.75) is 25.8 Å². The van der Waals surface area contributed by atoms with Gasteiger partial charge in [0.15, 0.2) is 0 Å². The van der Waals surface area contributed by atoms with Crippen molar-refractivity contribution in [3.05, 3.63) is 29.6 Å². The SMILES string of the molecule is CCN1CCC(Nc2cc(F)ccc2C(=O)OC)CC1. The molecular weight excluding hydrogens is 259 g/mol. The summed E-state index contributed by atoms with van der Waals surface area (Å²) < 4.78 is 18.1. The fraction of sp³-hybridized carbons (Fsp3) is 0.533. The third kappa shape index (κ3) is 3.48. The average molecular weight is 280 g/mol. The Bertz CT molecular complexity index is 471. The minimum absolute atomic E-state index is 0.267. The van der Waals surface area contributed by atoms with E-state index >= 15 is 0 Å². The Morgan fingerprint density at radius 2 is 2.15 bits per heavy atom. The second kappa shape index (κ2) is 6.70. The van der Waals surface area contributed by atoms with Gasteiger partial charge < -0.3 is 15.0 Å². The van der Waals surface area contributed by atoms with E-state index in [2.05, 4.69) is 17.1 Å². The van der Waals surface area contributed by atoms with Crippen molar-refractivity contribution in [3.8, 4) is 0 Å². The molecule has 1 saturated heterocycles. The predicted molar refractivity (Wildman–Crippen MR) is 76.5 cm³/mol. The van der Waals surface area contributed by atoms with Crippen molar-refractivity contribution in [2.24, 2.45) is 0 Å². The summed E-state index contributed by atoms with van der Waals surface area (Å²) in [6.07, 6.45) is 1.98. The highest BCUT2D eigenvalue weighted by molar-refractivity contribution is 5.95. The number of nitrogens with zero attached hydrogens (tertiary/aromatic N) is 1. The molecule has 1 aromatic rings. The highest BCUT2D eigenvalue weighted by Gasteiger charge is 2.20. The Morgan fingerprint density at radius 1 is 1.45 bits per heavy atom. The summed E-state index contributed by atoms with van der Waals surface area (Å²) in [6.45, 7) is 5.25. The van der Waals surface area contributed by atoms with Crippen LogP contribution in [0.15, 0.2) is 18.2 Å². The van der Waals surface area contributed by atoms with Crippen LogP contribution in [0.25, 0.3) is 0 Å². The van der Waals surface area contributed by atoms with E-state index < -0.39 is 5.97 Å². The lowest BCUT2D eigenvalue weighted by Crippen LogP contribution is -2.39. The van der Waals surface area contributed by atoms with Gasteiger partial charge in [-0.3, -0.25) is 0 Å². The summed E-state index contributed by atoms with van der Waals surface area (Å²) in [7, 11) is 1.33. The molecule has 110 valence electrons. The maximum absolute atomic E-state index is 13.4. The number of carbonyl (C=O) groups is 1. The average Bonchev–Trinajstić information content (AvgIpc) is 2.47. The molecule has 1 aliphatic rings. The molecule has 1 N–H and O–H groups in total. The largest absolute Gasteiger partial charge is 0.465 e. The van der Waals surface area contributed by atoms with E-state index in [4.69, 9.17) is 4.74 Å². The Kier molecular flexibility index (Phi) is 4.95. The number of nitrogens with one attached hydrogen (secondary N) is 1. The van der Waals surface area contributed by atoms with Gasteiger partial charge >= 0.3 is 5.97 Å². The number of piperidine rings is 1. The van der Waals surface area contributed by atoms with Crippen LogP contribution in [-0.4, -0.2) is 43.7 Å². The number of halogens is 1. The van der Waals surface area contributed by atoms with Crippen molar-refractivity contribution in [1.29, 1.82) is 0 Å². The van der Waals surface area contributed by atoms with Gasteiger partial charge in [0, 0.05) is 19.1 Å². The Balaban J connectivity index is 2.08. The second-order valence-electron chi connectivity index (χ2n) is 5.03. The maximum Gasteiger partial charge on any atom is 0.339 e. The highest BCUT2D eigenvalue weighted by atomic mass is 19.1. The molecule has 20 heavy (non-hydrogen) atoms. The molecule has 1 heterocycles. The van der Waals surface area contributed by atoms with E-state index in [0.29, 0.717) is 11.3 Å². The molecule has 4 nitrogen and oxygen atoms in total. The summed E-state index contributed by atoms with van der Waals surface area (Å²) in [5.41, 5.74) is 0.901. The number of carbonyl (C=O) groups excluding carboxylic acids is 1. The standard InChI is InChI=1S/C15H21FN2O2/c1-3-18-8-6-12(7-9-18)17-14-10-11(16)4-5-13(14)15(19)20-2/h4-5,10,12,17H,3,6-9H2,1-2H3. The molecule has 0 saturated carbocycles. The van der Waals surface area contributed by atoms with Crippen LogP contribution in [0.4, 0.5) is 10.1 Å². The van der Waals surface area contributed by atoms with Crippen LogP contribution < -0.4 is 5.32 Å². The third-order valence-electron chi connectivity index (χ3n) is 3.78. The first-order valence-electron chi connectivity index (χ1n) is 7.00. The summed E-state index contributed by atoms with van der Waals surface area (Å²) in [6, 6.07) is 4.36. The fourth-order valence-corrected chi connectivity index (χ4v) is 2.54. The van der Waals surface area contributed by atoms with Gasteiger partial charge in [-0.25, -0.2) is 9.18 Å². The first-order valence-corrected chi connectivity index (χ1v) is 7.00. The number of rotatable bonds is 4. The number of benzene rings is 1. The van der Waals surface area contributed by atoms with Crippen LogP contribution >= 0.6 is 0 Å². The zero-order chi connectivity index (χ0) is 14.5. The molecule has 0 amide bonds. The number of anilines is 1. The topological polar surface area (TPSA) is 41.6 Å². The van der Waals surface area contributed by atoms with Gasteiger partial charge in [0.2, 0.25) is 0 Å². The quantitative estimate of drug-likeness (QED) is 0.861. The lowest BCUT2D eigenvalue weighted by atomic mass is 10.0. The lowest BCUT2D eigenvalue weighted by Gasteiger charge is -2.32. The maximum atomic E-state index is 13.4. The molecule has 0 atom stereocenters. The van der Waals surface area contributed by atoms with E-state index in [1.165, 1.54) is 25.3 Å². The molecule has 2 rings (SSSR count). The van der Waals surface area contributed by atoms with Gasteiger partial charge in [0.25, 0.3) is 0 Å². The molecule has 5 heteroatoms. The highest BCUT2D eigenvalue weighted by Crippen LogP contribution is 2.22. The van der Waals surface area contributed by atoms with E-state index in [-0.39, 0.29) is 11.9 Å². The molecule has 0 aliphatic carbocycles. The molecular formula is C15H21FN2O2. The van der Waals surface area contributed by atoms with Crippen LogP contribution in [0, 0.1) is 5.82 Å². The number of hydrogen-bond acceptors (Lipinski definition) is 4. The molecule has 0 aromatic heterocycles. The smallest absolute Gasteiger partial charge is 0.339 e. The first-order chi connectivity index (χ1) is 9.63. The summed E-state index contributed by atoms with van der Waals surface area (Å²) in [5, 5.41) is 3.28. The van der Waals surface area contributed by atoms with E-state index in [0.717, 1.165) is 32.5 Å². The Morgan fingerprint density at radius 3 is 2.75 bits per heavy atom. The fourth-order valence-electron chi connectivity index (χ4n) is 2.54. The van der Waals surface area contributed by atoms with Crippen LogP contribution in [0.3, 0.4) is 0 Å². The van der Waals surface area contributed by atoms with E-state index in [9.17, 15) is 9.18 Å². The van der Waals surface area contributed by atoms with Crippen molar-refractivity contribution in [2.75, 3.05) is 32.1 Å². The normalized spacial score (nSPS) is 16.9. The minimum Gasteiger partial charge on any atom is -0.465 e. The zero-order valence-electron chi connectivity index (χ0n) is 12.0. The zero-order valence-corrected chi connectivity index (χ0v) is 12.0. The number of hydrogen-bond donors (Lipinski definition) is 1. The summed E-state index contributed by atoms with van der Waals surface area (Å²) >= 11 is 0. The molecule has 0 bridgehead atoms. The number of likely N-dealkylation sites (tertiary alicyclic amines) is 1. The minimum atomic E-state index is -0.446. The van der Waals surface area contributed by atoms with Gasteiger partial charge in [0.05, 0.1) is 18.4 Å². The number of ether oxygens (including phenoxy) is 1. The third-order valence-corrected chi connectivity index (χ3v) is 3.78. The molecule has 0 radical (unpaired) electrons. The van der Waals surface area contributed by atoms with Crippen molar-refractivity contribution < 1.29 is 13.9 Å². The molecule has 1 fully saturated rings. The van der Waals surface area contributed by atoms with Crippen molar-refractivity contribution in [1.82, 2.24) is 4.90 Å². The molecule has 0 unspecified atom stereocenters. The second-order valence-corrected chi connectivity index (χ2v) is 5.03. The van der Waals surface area contributed by atoms with Gasteiger partial charge in [-0.2, -0.15) is 0 Å². The number of esters is 1. The van der Waals surface area contributed by atoms with Gasteiger partial charge in [-0.05, 0) is 37.6 Å². The molecule has 1 aromatic carbocycles. The Labute approximate surface area is 118 Å². The van der Waals surface area contributed by atoms with Crippen molar-refractivity contribution in [3.63, 3.8) is 0 Å².